The van der Waals surface area contributed by atoms with Crippen molar-refractivity contribution >= 4 is 0 Å². The first-order valence-corrected chi connectivity index (χ1v) is 5.64. The molecular weight excluding hydrogens is 186 g/mol. The van der Waals surface area contributed by atoms with Crippen LogP contribution in [0.5, 0.6) is 5.75 Å². The van der Waals surface area contributed by atoms with Gasteiger partial charge in [0.05, 0.1) is 6.61 Å². The molecule has 0 saturated carbocycles. The molecule has 0 aliphatic heterocycles. The third kappa shape index (κ3) is 3.24. The molecular formula is C13H21NO. The van der Waals surface area contributed by atoms with E-state index in [2.05, 4.69) is 32.0 Å². The summed E-state index contributed by atoms with van der Waals surface area (Å²) in [5.74, 6) is 1.50. The Bertz CT molecular complexity index is 307. The predicted molar refractivity (Wildman–Crippen MR) is 64.5 cm³/mol. The molecule has 0 aliphatic carbocycles. The van der Waals surface area contributed by atoms with Crippen molar-refractivity contribution in [2.75, 3.05) is 13.2 Å². The van der Waals surface area contributed by atoms with Gasteiger partial charge in [-0.25, -0.2) is 0 Å². The Balaban J connectivity index is 2.97. The normalized spacial score (nSPS) is 10.7. The van der Waals surface area contributed by atoms with E-state index in [4.69, 9.17) is 10.5 Å². The van der Waals surface area contributed by atoms with Gasteiger partial charge >= 0.3 is 0 Å². The maximum atomic E-state index is 5.60. The lowest BCUT2D eigenvalue weighted by Gasteiger charge is -2.14. The third-order valence-corrected chi connectivity index (χ3v) is 2.43. The van der Waals surface area contributed by atoms with Gasteiger partial charge < -0.3 is 10.5 Å². The van der Waals surface area contributed by atoms with Gasteiger partial charge in [-0.15, -0.1) is 0 Å². The zero-order valence-electron chi connectivity index (χ0n) is 9.92. The Morgan fingerprint density at radius 1 is 1.33 bits per heavy atom. The van der Waals surface area contributed by atoms with E-state index in [9.17, 15) is 0 Å². The molecule has 15 heavy (non-hydrogen) atoms. The van der Waals surface area contributed by atoms with Crippen LogP contribution in [-0.4, -0.2) is 13.2 Å². The van der Waals surface area contributed by atoms with Crippen LogP contribution < -0.4 is 10.5 Å². The van der Waals surface area contributed by atoms with Gasteiger partial charge in [0.1, 0.15) is 5.75 Å². The summed E-state index contributed by atoms with van der Waals surface area (Å²) in [6.07, 6.45) is 0.937. The SMILES string of the molecule is CCOc1ccc(CCN)cc1C(C)C. The van der Waals surface area contributed by atoms with Gasteiger partial charge in [0, 0.05) is 0 Å². The van der Waals surface area contributed by atoms with Crippen molar-refractivity contribution in [2.24, 2.45) is 5.73 Å². The number of ether oxygens (including phenoxy) is 1. The van der Waals surface area contributed by atoms with Gasteiger partial charge in [-0.1, -0.05) is 26.0 Å². The van der Waals surface area contributed by atoms with Crippen molar-refractivity contribution < 1.29 is 4.74 Å². The maximum Gasteiger partial charge on any atom is 0.122 e. The second-order valence-electron chi connectivity index (χ2n) is 4.00. The number of nitrogens with two attached hydrogens (primary N) is 1. The Morgan fingerprint density at radius 3 is 2.60 bits per heavy atom. The molecule has 0 aliphatic rings. The second kappa shape index (κ2) is 5.76. The highest BCUT2D eigenvalue weighted by atomic mass is 16.5. The fraction of sp³-hybridized carbons (Fsp3) is 0.538. The molecule has 0 spiro atoms. The van der Waals surface area contributed by atoms with Crippen LogP contribution in [0.3, 0.4) is 0 Å². The largest absolute Gasteiger partial charge is 0.494 e. The molecule has 0 saturated heterocycles. The van der Waals surface area contributed by atoms with Gasteiger partial charge in [0.25, 0.3) is 0 Å². The minimum Gasteiger partial charge on any atom is -0.494 e. The molecule has 0 unspecified atom stereocenters. The monoisotopic (exact) mass is 207 g/mol. The lowest BCUT2D eigenvalue weighted by Crippen LogP contribution is -2.04. The molecule has 0 heterocycles. The van der Waals surface area contributed by atoms with Crippen molar-refractivity contribution in [1.82, 2.24) is 0 Å². The first-order valence-electron chi connectivity index (χ1n) is 5.64. The number of rotatable bonds is 5. The highest BCUT2D eigenvalue weighted by molar-refractivity contribution is 5.39. The third-order valence-electron chi connectivity index (χ3n) is 2.43. The van der Waals surface area contributed by atoms with Crippen LogP contribution in [0.4, 0.5) is 0 Å². The summed E-state index contributed by atoms with van der Waals surface area (Å²) in [4.78, 5) is 0. The van der Waals surface area contributed by atoms with Gasteiger partial charge in [0.15, 0.2) is 0 Å². The highest BCUT2D eigenvalue weighted by Gasteiger charge is 2.08. The molecule has 0 fully saturated rings. The lowest BCUT2D eigenvalue weighted by molar-refractivity contribution is 0.335. The Labute approximate surface area is 92.4 Å². The van der Waals surface area contributed by atoms with Crippen LogP contribution in [0.1, 0.15) is 37.8 Å². The fourth-order valence-corrected chi connectivity index (χ4v) is 1.66. The van der Waals surface area contributed by atoms with Crippen LogP contribution in [0, 0.1) is 0 Å². The summed E-state index contributed by atoms with van der Waals surface area (Å²) in [6.45, 7) is 7.80. The van der Waals surface area contributed by atoms with Crippen LogP contribution in [0.25, 0.3) is 0 Å². The quantitative estimate of drug-likeness (QED) is 0.805. The van der Waals surface area contributed by atoms with E-state index < -0.39 is 0 Å². The van der Waals surface area contributed by atoms with E-state index in [1.807, 2.05) is 6.92 Å². The Morgan fingerprint density at radius 2 is 2.07 bits per heavy atom. The van der Waals surface area contributed by atoms with E-state index in [1.54, 1.807) is 0 Å². The van der Waals surface area contributed by atoms with Crippen LogP contribution in [0.15, 0.2) is 18.2 Å². The van der Waals surface area contributed by atoms with Crippen molar-refractivity contribution in [1.29, 1.82) is 0 Å². The molecule has 0 atom stereocenters. The van der Waals surface area contributed by atoms with Crippen LogP contribution >= 0.6 is 0 Å². The van der Waals surface area contributed by atoms with E-state index >= 15 is 0 Å². The Hall–Kier alpha value is -1.02. The highest BCUT2D eigenvalue weighted by Crippen LogP contribution is 2.27. The summed E-state index contributed by atoms with van der Waals surface area (Å²) in [5.41, 5.74) is 8.13. The molecule has 1 aromatic carbocycles. The minimum absolute atomic E-state index is 0.490. The van der Waals surface area contributed by atoms with E-state index in [-0.39, 0.29) is 0 Å². The Kier molecular flexibility index (Phi) is 4.63. The van der Waals surface area contributed by atoms with Gasteiger partial charge in [0.2, 0.25) is 0 Å². The van der Waals surface area contributed by atoms with Crippen molar-refractivity contribution in [3.05, 3.63) is 29.3 Å². The first kappa shape index (κ1) is 12.1. The molecule has 84 valence electrons. The zero-order valence-corrected chi connectivity index (χ0v) is 9.92. The maximum absolute atomic E-state index is 5.60. The molecule has 1 aromatic rings. The molecule has 0 radical (unpaired) electrons. The van der Waals surface area contributed by atoms with Gasteiger partial charge in [-0.3, -0.25) is 0 Å². The predicted octanol–water partition coefficient (Wildman–Crippen LogP) is 2.71. The summed E-state index contributed by atoms with van der Waals surface area (Å²) in [6, 6.07) is 6.37. The molecule has 1 rings (SSSR count). The first-order chi connectivity index (χ1) is 7.19. The van der Waals surface area contributed by atoms with Crippen LogP contribution in [0.2, 0.25) is 0 Å². The number of benzene rings is 1. The molecule has 2 N–H and O–H groups in total. The summed E-state index contributed by atoms with van der Waals surface area (Å²) in [5, 5.41) is 0. The topological polar surface area (TPSA) is 35.2 Å². The summed E-state index contributed by atoms with van der Waals surface area (Å²) in [7, 11) is 0. The van der Waals surface area contributed by atoms with E-state index in [0.29, 0.717) is 12.5 Å². The summed E-state index contributed by atoms with van der Waals surface area (Å²) < 4.78 is 5.60. The number of hydrogen-bond donors (Lipinski definition) is 1. The average molecular weight is 207 g/mol. The molecule has 2 nitrogen and oxygen atoms in total. The molecule has 2 heteroatoms. The fourth-order valence-electron chi connectivity index (χ4n) is 1.66. The van der Waals surface area contributed by atoms with Crippen molar-refractivity contribution in [3.8, 4) is 5.75 Å². The zero-order chi connectivity index (χ0) is 11.3. The summed E-state index contributed by atoms with van der Waals surface area (Å²) >= 11 is 0. The molecule has 0 amide bonds. The van der Waals surface area contributed by atoms with Crippen molar-refractivity contribution in [3.63, 3.8) is 0 Å². The second-order valence-corrected chi connectivity index (χ2v) is 4.00. The lowest BCUT2D eigenvalue weighted by atomic mass is 9.98. The van der Waals surface area contributed by atoms with Crippen molar-refractivity contribution in [2.45, 2.75) is 33.1 Å². The standard InChI is InChI=1S/C13H21NO/c1-4-15-13-6-5-11(7-8-14)9-12(13)10(2)3/h5-6,9-10H,4,7-8,14H2,1-3H3. The molecule has 0 aromatic heterocycles. The van der Waals surface area contributed by atoms with Gasteiger partial charge in [-0.2, -0.15) is 0 Å². The van der Waals surface area contributed by atoms with Crippen LogP contribution in [-0.2, 0) is 6.42 Å². The number of hydrogen-bond acceptors (Lipinski definition) is 2. The van der Waals surface area contributed by atoms with Gasteiger partial charge in [-0.05, 0) is 43.0 Å². The average Bonchev–Trinajstić information content (AvgIpc) is 2.21. The smallest absolute Gasteiger partial charge is 0.122 e. The molecule has 0 bridgehead atoms. The van der Waals surface area contributed by atoms with E-state index in [0.717, 1.165) is 18.8 Å². The van der Waals surface area contributed by atoms with E-state index in [1.165, 1.54) is 11.1 Å². The minimum atomic E-state index is 0.490.